The number of pyridine rings is 1. The highest BCUT2D eigenvalue weighted by Crippen LogP contribution is 2.36. The molecule has 0 saturated carbocycles. The molecule has 1 amide bonds. The zero-order chi connectivity index (χ0) is 21.3. The van der Waals surface area contributed by atoms with E-state index in [1.54, 1.807) is 26.4 Å². The molecule has 3 aromatic rings. The van der Waals surface area contributed by atoms with Crippen molar-refractivity contribution in [1.82, 2.24) is 9.88 Å². The number of hydrogen-bond acceptors (Lipinski definition) is 4. The van der Waals surface area contributed by atoms with Gasteiger partial charge in [-0.2, -0.15) is 0 Å². The molecule has 0 aliphatic carbocycles. The summed E-state index contributed by atoms with van der Waals surface area (Å²) in [6, 6.07) is 14.9. The summed E-state index contributed by atoms with van der Waals surface area (Å²) in [6.07, 6.45) is 2.22. The van der Waals surface area contributed by atoms with Gasteiger partial charge in [0.25, 0.3) is 5.91 Å². The van der Waals surface area contributed by atoms with Crippen molar-refractivity contribution in [3.05, 3.63) is 81.8 Å². The van der Waals surface area contributed by atoms with E-state index in [9.17, 15) is 9.59 Å². The molecule has 0 fully saturated rings. The van der Waals surface area contributed by atoms with Gasteiger partial charge in [-0.1, -0.05) is 18.2 Å². The summed E-state index contributed by atoms with van der Waals surface area (Å²) in [5.74, 6) is 1.39. The second kappa shape index (κ2) is 8.06. The molecule has 1 unspecified atom stereocenters. The van der Waals surface area contributed by atoms with Crippen molar-refractivity contribution < 1.29 is 14.3 Å². The first-order valence-corrected chi connectivity index (χ1v) is 9.85. The number of amides is 1. The van der Waals surface area contributed by atoms with E-state index < -0.39 is 0 Å². The fourth-order valence-corrected chi connectivity index (χ4v) is 3.69. The molecular formula is C24H24N2O4. The molecule has 2 heterocycles. The summed E-state index contributed by atoms with van der Waals surface area (Å²) >= 11 is 0. The van der Waals surface area contributed by atoms with E-state index in [2.05, 4.69) is 17.4 Å². The Kier molecular flexibility index (Phi) is 5.31. The lowest BCUT2D eigenvalue weighted by Gasteiger charge is -2.27. The minimum Gasteiger partial charge on any atom is -0.496 e. The maximum atomic E-state index is 12.8. The van der Waals surface area contributed by atoms with Crippen LogP contribution in [0.3, 0.4) is 0 Å². The molecular weight excluding hydrogens is 380 g/mol. The number of aromatic nitrogens is 1. The van der Waals surface area contributed by atoms with E-state index in [4.69, 9.17) is 9.47 Å². The summed E-state index contributed by atoms with van der Waals surface area (Å²) in [5.41, 5.74) is 4.37. The number of nitrogens with one attached hydrogen (secondary N) is 1. The van der Waals surface area contributed by atoms with E-state index in [0.29, 0.717) is 18.6 Å². The van der Waals surface area contributed by atoms with E-state index >= 15 is 0 Å². The molecule has 6 nitrogen and oxygen atoms in total. The predicted octanol–water partition coefficient (Wildman–Crippen LogP) is 3.62. The zero-order valence-electron chi connectivity index (χ0n) is 17.3. The van der Waals surface area contributed by atoms with Gasteiger partial charge in [0.1, 0.15) is 11.5 Å². The van der Waals surface area contributed by atoms with Gasteiger partial charge in [-0.25, -0.2) is 0 Å². The lowest BCUT2D eigenvalue weighted by atomic mass is 9.94. The zero-order valence-corrected chi connectivity index (χ0v) is 17.3. The third-order valence-corrected chi connectivity index (χ3v) is 5.44. The van der Waals surface area contributed by atoms with Crippen LogP contribution in [0.4, 0.5) is 0 Å². The number of carbonyl (C=O) groups is 1. The van der Waals surface area contributed by atoms with Crippen LogP contribution in [0.1, 0.15) is 33.9 Å². The van der Waals surface area contributed by atoms with Crippen LogP contribution in [-0.2, 0) is 7.05 Å². The largest absolute Gasteiger partial charge is 0.496 e. The Bertz CT molecular complexity index is 1170. The number of nitrogens with zero attached hydrogens (tertiary/aromatic N) is 1. The Balaban J connectivity index is 1.64. The summed E-state index contributed by atoms with van der Waals surface area (Å²) < 4.78 is 12.7. The molecule has 6 heteroatoms. The molecule has 0 radical (unpaired) electrons. The van der Waals surface area contributed by atoms with Gasteiger partial charge in [0, 0.05) is 31.3 Å². The first-order chi connectivity index (χ1) is 14.5. The molecule has 1 N–H and O–H groups in total. The third kappa shape index (κ3) is 3.81. The average Bonchev–Trinajstić information content (AvgIpc) is 2.76. The van der Waals surface area contributed by atoms with E-state index in [1.807, 2.05) is 31.2 Å². The van der Waals surface area contributed by atoms with E-state index in [-0.39, 0.29) is 17.5 Å². The summed E-state index contributed by atoms with van der Waals surface area (Å²) in [6.45, 7) is 2.54. The van der Waals surface area contributed by atoms with Crippen LogP contribution in [0.5, 0.6) is 11.5 Å². The minimum absolute atomic E-state index is 0.152. The predicted molar refractivity (Wildman–Crippen MR) is 115 cm³/mol. The molecule has 1 atom stereocenters. The van der Waals surface area contributed by atoms with Gasteiger partial charge in [0.2, 0.25) is 5.56 Å². The molecule has 1 aliphatic rings. The highest BCUT2D eigenvalue weighted by atomic mass is 16.5. The van der Waals surface area contributed by atoms with Crippen molar-refractivity contribution in [2.45, 2.75) is 19.4 Å². The fraction of sp³-hybridized carbons (Fsp3) is 0.250. The number of methoxy groups -OCH3 is 1. The van der Waals surface area contributed by atoms with Crippen LogP contribution in [-0.4, -0.2) is 24.2 Å². The molecule has 1 aromatic heterocycles. The van der Waals surface area contributed by atoms with Gasteiger partial charge < -0.3 is 19.4 Å². The molecule has 0 spiro atoms. The Morgan fingerprint density at radius 1 is 1.13 bits per heavy atom. The van der Waals surface area contributed by atoms with Crippen LogP contribution >= 0.6 is 0 Å². The van der Waals surface area contributed by atoms with Crippen molar-refractivity contribution in [1.29, 1.82) is 0 Å². The van der Waals surface area contributed by atoms with Gasteiger partial charge in [-0.15, -0.1) is 0 Å². The molecule has 154 valence electrons. The van der Waals surface area contributed by atoms with Gasteiger partial charge in [-0.05, 0) is 47.9 Å². The second-order valence-electron chi connectivity index (χ2n) is 7.47. The lowest BCUT2D eigenvalue weighted by Crippen LogP contribution is -2.33. The average molecular weight is 404 g/mol. The molecule has 2 aromatic carbocycles. The second-order valence-corrected chi connectivity index (χ2v) is 7.47. The van der Waals surface area contributed by atoms with Gasteiger partial charge in [0.05, 0.1) is 25.3 Å². The minimum atomic E-state index is -0.217. The summed E-state index contributed by atoms with van der Waals surface area (Å²) in [4.78, 5) is 24.4. The standard InChI is InChI=1S/C24H24N2O4/c1-15-4-5-17(13-22(15)29-3)16-6-8-21-19(12-16)20(10-11-30-21)25-24(28)18-7-9-23(27)26(2)14-18/h4-9,12-14,20H,10-11H2,1-3H3,(H,25,28). The van der Waals surface area contributed by atoms with Gasteiger partial charge in [0.15, 0.2) is 0 Å². The number of carbonyl (C=O) groups excluding carboxylic acids is 1. The highest BCUT2D eigenvalue weighted by molar-refractivity contribution is 5.94. The van der Waals surface area contributed by atoms with E-state index in [0.717, 1.165) is 33.8 Å². The third-order valence-electron chi connectivity index (χ3n) is 5.44. The quantitative estimate of drug-likeness (QED) is 0.721. The van der Waals surface area contributed by atoms with Crippen LogP contribution in [0.15, 0.2) is 59.5 Å². The Labute approximate surface area is 175 Å². The highest BCUT2D eigenvalue weighted by Gasteiger charge is 2.24. The van der Waals surface area contributed by atoms with Crippen LogP contribution in [0.25, 0.3) is 11.1 Å². The Hall–Kier alpha value is -3.54. The van der Waals surface area contributed by atoms with Crippen molar-refractivity contribution in [2.24, 2.45) is 7.05 Å². The fourth-order valence-electron chi connectivity index (χ4n) is 3.69. The first-order valence-electron chi connectivity index (χ1n) is 9.85. The number of fused-ring (bicyclic) bond motifs is 1. The summed E-state index contributed by atoms with van der Waals surface area (Å²) in [7, 11) is 3.29. The van der Waals surface area contributed by atoms with Gasteiger partial charge in [-0.3, -0.25) is 9.59 Å². The van der Waals surface area contributed by atoms with Crippen molar-refractivity contribution in [3.63, 3.8) is 0 Å². The van der Waals surface area contributed by atoms with Crippen molar-refractivity contribution in [2.75, 3.05) is 13.7 Å². The van der Waals surface area contributed by atoms with Gasteiger partial charge >= 0.3 is 0 Å². The SMILES string of the molecule is COc1cc(-c2ccc3c(c2)C(NC(=O)c2ccc(=O)n(C)c2)CCO3)ccc1C. The number of hydrogen-bond donors (Lipinski definition) is 1. The number of benzene rings is 2. The summed E-state index contributed by atoms with van der Waals surface area (Å²) in [5, 5.41) is 3.09. The Morgan fingerprint density at radius 3 is 2.67 bits per heavy atom. The van der Waals surface area contributed by atoms with Crippen molar-refractivity contribution >= 4 is 5.91 Å². The Morgan fingerprint density at radius 2 is 1.90 bits per heavy atom. The maximum Gasteiger partial charge on any atom is 0.253 e. The maximum absolute atomic E-state index is 12.8. The topological polar surface area (TPSA) is 69.6 Å². The molecule has 0 bridgehead atoms. The van der Waals surface area contributed by atoms with E-state index in [1.165, 1.54) is 10.6 Å². The first kappa shape index (κ1) is 19.8. The molecule has 4 rings (SSSR count). The molecule has 30 heavy (non-hydrogen) atoms. The number of ether oxygens (including phenoxy) is 2. The van der Waals surface area contributed by atoms with Crippen LogP contribution < -0.4 is 20.3 Å². The smallest absolute Gasteiger partial charge is 0.253 e. The number of aryl methyl sites for hydroxylation is 2. The molecule has 0 saturated heterocycles. The van der Waals surface area contributed by atoms with Crippen LogP contribution in [0, 0.1) is 6.92 Å². The van der Waals surface area contributed by atoms with Crippen LogP contribution in [0.2, 0.25) is 0 Å². The van der Waals surface area contributed by atoms with Crippen molar-refractivity contribution in [3.8, 4) is 22.6 Å². The monoisotopic (exact) mass is 404 g/mol. The number of rotatable bonds is 4. The molecule has 1 aliphatic heterocycles. The lowest BCUT2D eigenvalue weighted by molar-refractivity contribution is 0.0924. The normalized spacial score (nSPS) is 15.1.